The van der Waals surface area contributed by atoms with Gasteiger partial charge in [0, 0.05) is 17.6 Å². The molecule has 0 bridgehead atoms. The molecule has 0 saturated carbocycles. The van der Waals surface area contributed by atoms with E-state index < -0.39 is 0 Å². The van der Waals surface area contributed by atoms with Crippen LogP contribution >= 0.6 is 27.3 Å². The van der Waals surface area contributed by atoms with Crippen molar-refractivity contribution in [2.24, 2.45) is 0 Å². The highest BCUT2D eigenvalue weighted by molar-refractivity contribution is 9.10. The topological polar surface area (TPSA) is 37.8 Å². The van der Waals surface area contributed by atoms with E-state index in [9.17, 15) is 0 Å². The lowest BCUT2D eigenvalue weighted by Gasteiger charge is -2.10. The molecule has 3 nitrogen and oxygen atoms in total. The summed E-state index contributed by atoms with van der Waals surface area (Å²) < 4.78 is 0.870. The molecule has 1 unspecified atom stereocenters. The number of halogens is 1. The largest absolute Gasteiger partial charge is 0.302 e. The molecule has 0 aromatic carbocycles. The molecule has 2 aromatic rings. The number of pyridine rings is 1. The molecular formula is C12H14BrN3S. The molecule has 0 radical (unpaired) electrons. The quantitative estimate of drug-likeness (QED) is 0.879. The van der Waals surface area contributed by atoms with Crippen molar-refractivity contribution in [1.29, 1.82) is 0 Å². The van der Waals surface area contributed by atoms with Crippen LogP contribution in [0.15, 0.2) is 28.2 Å². The Kier molecular flexibility index (Phi) is 4.25. The van der Waals surface area contributed by atoms with Gasteiger partial charge in [-0.25, -0.2) is 9.97 Å². The number of aryl methyl sites for hydroxylation is 1. The van der Waals surface area contributed by atoms with Crippen molar-refractivity contribution < 1.29 is 0 Å². The highest BCUT2D eigenvalue weighted by Crippen LogP contribution is 2.17. The van der Waals surface area contributed by atoms with Gasteiger partial charge in [-0.05, 0) is 41.9 Å². The van der Waals surface area contributed by atoms with E-state index in [-0.39, 0.29) is 6.04 Å². The minimum absolute atomic E-state index is 0.259. The van der Waals surface area contributed by atoms with Gasteiger partial charge in [-0.1, -0.05) is 6.07 Å². The van der Waals surface area contributed by atoms with E-state index in [2.05, 4.69) is 43.5 Å². The summed E-state index contributed by atoms with van der Waals surface area (Å²) in [5.41, 5.74) is 2.11. The minimum Gasteiger partial charge on any atom is -0.302 e. The standard InChI is InChI=1S/C12H14BrN3S/c1-8-7-17-12(15-8)9(2)14-6-10-4-3-5-11(13)16-10/h3-5,7,9,14H,6H2,1-2H3. The molecule has 90 valence electrons. The molecule has 0 aliphatic carbocycles. The molecule has 2 heterocycles. The number of nitrogens with zero attached hydrogens (tertiary/aromatic N) is 2. The molecule has 0 saturated heterocycles. The van der Waals surface area contributed by atoms with Crippen molar-refractivity contribution in [1.82, 2.24) is 15.3 Å². The van der Waals surface area contributed by atoms with Crippen molar-refractivity contribution in [3.05, 3.63) is 44.6 Å². The summed E-state index contributed by atoms with van der Waals surface area (Å²) in [6.07, 6.45) is 0. The van der Waals surface area contributed by atoms with Gasteiger partial charge in [0.2, 0.25) is 0 Å². The van der Waals surface area contributed by atoms with Crippen LogP contribution in [-0.4, -0.2) is 9.97 Å². The number of rotatable bonds is 4. The van der Waals surface area contributed by atoms with Crippen LogP contribution in [0.3, 0.4) is 0 Å². The fraction of sp³-hybridized carbons (Fsp3) is 0.333. The van der Waals surface area contributed by atoms with Crippen molar-refractivity contribution in [3.63, 3.8) is 0 Å². The Balaban J connectivity index is 1.94. The first-order valence-corrected chi connectivity index (χ1v) is 7.09. The average Bonchev–Trinajstić information content (AvgIpc) is 2.73. The Morgan fingerprint density at radius 3 is 2.88 bits per heavy atom. The van der Waals surface area contributed by atoms with Gasteiger partial charge in [-0.15, -0.1) is 11.3 Å². The zero-order valence-corrected chi connectivity index (χ0v) is 12.2. The van der Waals surface area contributed by atoms with Crippen LogP contribution in [0.25, 0.3) is 0 Å². The zero-order valence-electron chi connectivity index (χ0n) is 9.77. The number of aromatic nitrogens is 2. The van der Waals surface area contributed by atoms with Crippen LogP contribution in [0.5, 0.6) is 0 Å². The van der Waals surface area contributed by atoms with E-state index in [0.717, 1.165) is 27.5 Å². The summed E-state index contributed by atoms with van der Waals surface area (Å²) in [4.78, 5) is 8.85. The zero-order chi connectivity index (χ0) is 12.3. The SMILES string of the molecule is Cc1csc(C(C)NCc2cccc(Br)n2)n1. The summed E-state index contributed by atoms with van der Waals surface area (Å²) in [5.74, 6) is 0. The fourth-order valence-electron chi connectivity index (χ4n) is 1.46. The highest BCUT2D eigenvalue weighted by Gasteiger charge is 2.08. The molecule has 0 amide bonds. The van der Waals surface area contributed by atoms with Crippen molar-refractivity contribution in [2.45, 2.75) is 26.4 Å². The normalized spacial score (nSPS) is 12.6. The summed E-state index contributed by atoms with van der Waals surface area (Å²) in [7, 11) is 0. The lowest BCUT2D eigenvalue weighted by Crippen LogP contribution is -2.18. The predicted molar refractivity (Wildman–Crippen MR) is 74.0 cm³/mol. The molecule has 2 aromatic heterocycles. The van der Waals surface area contributed by atoms with Gasteiger partial charge < -0.3 is 5.32 Å². The van der Waals surface area contributed by atoms with Gasteiger partial charge in [0.15, 0.2) is 0 Å². The van der Waals surface area contributed by atoms with Crippen LogP contribution in [-0.2, 0) is 6.54 Å². The predicted octanol–water partition coefficient (Wildman–Crippen LogP) is 3.46. The third kappa shape index (κ3) is 3.59. The maximum atomic E-state index is 4.47. The molecule has 2 rings (SSSR count). The smallest absolute Gasteiger partial charge is 0.110 e. The second kappa shape index (κ2) is 5.71. The summed E-state index contributed by atoms with van der Waals surface area (Å²) in [5, 5.41) is 6.62. The number of hydrogen-bond acceptors (Lipinski definition) is 4. The van der Waals surface area contributed by atoms with Gasteiger partial charge in [-0.2, -0.15) is 0 Å². The van der Waals surface area contributed by atoms with Crippen molar-refractivity contribution in [2.75, 3.05) is 0 Å². The van der Waals surface area contributed by atoms with Gasteiger partial charge in [0.05, 0.1) is 11.7 Å². The van der Waals surface area contributed by atoms with E-state index in [1.165, 1.54) is 0 Å². The van der Waals surface area contributed by atoms with Gasteiger partial charge in [-0.3, -0.25) is 0 Å². The monoisotopic (exact) mass is 311 g/mol. The molecule has 0 fully saturated rings. The van der Waals surface area contributed by atoms with Gasteiger partial charge >= 0.3 is 0 Å². The van der Waals surface area contributed by atoms with Crippen LogP contribution < -0.4 is 5.32 Å². The first-order chi connectivity index (χ1) is 8.15. The first-order valence-electron chi connectivity index (χ1n) is 5.42. The second-order valence-corrected chi connectivity index (χ2v) is 5.58. The summed E-state index contributed by atoms with van der Waals surface area (Å²) >= 11 is 5.06. The third-order valence-electron chi connectivity index (χ3n) is 2.37. The molecule has 5 heteroatoms. The van der Waals surface area contributed by atoms with Crippen molar-refractivity contribution in [3.8, 4) is 0 Å². The highest BCUT2D eigenvalue weighted by atomic mass is 79.9. The maximum absolute atomic E-state index is 4.47. The Hall–Kier alpha value is -0.780. The Morgan fingerprint density at radius 2 is 2.24 bits per heavy atom. The van der Waals surface area contributed by atoms with E-state index >= 15 is 0 Å². The molecule has 1 N–H and O–H groups in total. The summed E-state index contributed by atoms with van der Waals surface area (Å²) in [6, 6.07) is 6.19. The van der Waals surface area contributed by atoms with E-state index in [1.807, 2.05) is 25.1 Å². The van der Waals surface area contributed by atoms with E-state index in [0.29, 0.717) is 0 Å². The fourth-order valence-corrected chi connectivity index (χ4v) is 2.67. The van der Waals surface area contributed by atoms with Gasteiger partial charge in [0.25, 0.3) is 0 Å². The lowest BCUT2D eigenvalue weighted by molar-refractivity contribution is 0.564. The first kappa shape index (κ1) is 12.7. The van der Waals surface area contributed by atoms with E-state index in [4.69, 9.17) is 0 Å². The maximum Gasteiger partial charge on any atom is 0.110 e. The van der Waals surface area contributed by atoms with Crippen LogP contribution in [0.1, 0.15) is 29.4 Å². The molecular weight excluding hydrogens is 298 g/mol. The van der Waals surface area contributed by atoms with Gasteiger partial charge in [0.1, 0.15) is 9.61 Å². The number of thiazole rings is 1. The Bertz CT molecular complexity index is 498. The molecule has 0 aliphatic rings. The molecule has 17 heavy (non-hydrogen) atoms. The summed E-state index contributed by atoms with van der Waals surface area (Å²) in [6.45, 7) is 4.89. The second-order valence-electron chi connectivity index (χ2n) is 3.88. The number of nitrogens with one attached hydrogen (secondary N) is 1. The Labute approximate surface area is 113 Å². The minimum atomic E-state index is 0.259. The van der Waals surface area contributed by atoms with Crippen LogP contribution in [0.2, 0.25) is 0 Å². The van der Waals surface area contributed by atoms with Crippen molar-refractivity contribution >= 4 is 27.3 Å². The third-order valence-corrected chi connectivity index (χ3v) is 3.96. The molecule has 0 aliphatic heterocycles. The average molecular weight is 312 g/mol. The molecule has 1 atom stereocenters. The molecule has 0 spiro atoms. The lowest BCUT2D eigenvalue weighted by atomic mass is 10.3. The Morgan fingerprint density at radius 1 is 1.41 bits per heavy atom. The number of hydrogen-bond donors (Lipinski definition) is 1. The van der Waals surface area contributed by atoms with E-state index in [1.54, 1.807) is 11.3 Å². The van der Waals surface area contributed by atoms with Crippen LogP contribution in [0.4, 0.5) is 0 Å². The van der Waals surface area contributed by atoms with Crippen LogP contribution in [0, 0.1) is 6.92 Å².